The molecule has 1 aromatic carbocycles. The molecule has 1 aromatic rings. The van der Waals surface area contributed by atoms with Gasteiger partial charge in [0.1, 0.15) is 0 Å². The third-order valence-electron chi connectivity index (χ3n) is 3.93. The van der Waals surface area contributed by atoms with Crippen molar-refractivity contribution in [2.75, 3.05) is 31.1 Å². The lowest BCUT2D eigenvalue weighted by Crippen LogP contribution is -2.44. The molecule has 0 spiro atoms. The molecule has 1 unspecified atom stereocenters. The first-order chi connectivity index (χ1) is 10.2. The molecule has 112 valence electrons. The lowest BCUT2D eigenvalue weighted by molar-refractivity contribution is -0.125. The molecule has 5 nitrogen and oxygen atoms in total. The van der Waals surface area contributed by atoms with Gasteiger partial charge in [-0.05, 0) is 43.5 Å². The van der Waals surface area contributed by atoms with E-state index in [2.05, 4.69) is 16.3 Å². The van der Waals surface area contributed by atoms with E-state index in [0.717, 1.165) is 37.2 Å². The Balaban J connectivity index is 2.05. The molecular formula is C16H22N4O. The second-order valence-electron chi connectivity index (χ2n) is 5.48. The molecule has 1 aliphatic heterocycles. The highest BCUT2D eigenvalue weighted by Crippen LogP contribution is 2.25. The highest BCUT2D eigenvalue weighted by Gasteiger charge is 2.25. The van der Waals surface area contributed by atoms with Crippen LogP contribution in [0.1, 0.15) is 24.0 Å². The Morgan fingerprint density at radius 3 is 3.05 bits per heavy atom. The SMILES string of the molecule is Cc1cc(N2CCCC(C(=O)NCCN)C2)ccc1C#N. The van der Waals surface area contributed by atoms with Crippen LogP contribution < -0.4 is 16.0 Å². The van der Waals surface area contributed by atoms with Gasteiger partial charge in [-0.25, -0.2) is 0 Å². The molecule has 0 aromatic heterocycles. The number of piperidine rings is 1. The zero-order chi connectivity index (χ0) is 15.2. The van der Waals surface area contributed by atoms with Gasteiger partial charge in [0, 0.05) is 31.9 Å². The van der Waals surface area contributed by atoms with Crippen LogP contribution in [0.5, 0.6) is 0 Å². The van der Waals surface area contributed by atoms with Crippen LogP contribution in [0, 0.1) is 24.2 Å². The minimum Gasteiger partial charge on any atom is -0.371 e. The average molecular weight is 286 g/mol. The molecule has 2 rings (SSSR count). The quantitative estimate of drug-likeness (QED) is 0.870. The largest absolute Gasteiger partial charge is 0.371 e. The van der Waals surface area contributed by atoms with Crippen molar-refractivity contribution in [1.29, 1.82) is 5.26 Å². The van der Waals surface area contributed by atoms with Crippen molar-refractivity contribution in [2.24, 2.45) is 11.7 Å². The Hall–Kier alpha value is -2.06. The maximum absolute atomic E-state index is 12.1. The normalized spacial score (nSPS) is 18.1. The summed E-state index contributed by atoms with van der Waals surface area (Å²) in [5.74, 6) is 0.108. The van der Waals surface area contributed by atoms with E-state index in [1.807, 2.05) is 25.1 Å². The number of hydrogen-bond donors (Lipinski definition) is 2. The van der Waals surface area contributed by atoms with Crippen LogP contribution in [0.25, 0.3) is 0 Å². The molecule has 3 N–H and O–H groups in total. The zero-order valence-corrected chi connectivity index (χ0v) is 12.4. The number of nitrogens with two attached hydrogens (primary N) is 1. The van der Waals surface area contributed by atoms with E-state index in [-0.39, 0.29) is 11.8 Å². The zero-order valence-electron chi connectivity index (χ0n) is 12.4. The standard InChI is InChI=1S/C16H22N4O/c1-12-9-15(5-4-13(12)10-18)20-8-2-3-14(11-20)16(21)19-7-6-17/h4-5,9,14H,2-3,6-8,11,17H2,1H3,(H,19,21). The first-order valence-electron chi connectivity index (χ1n) is 7.39. The number of nitrogens with one attached hydrogen (secondary N) is 1. The van der Waals surface area contributed by atoms with Crippen LogP contribution >= 0.6 is 0 Å². The number of nitriles is 1. The van der Waals surface area contributed by atoms with Crippen LogP contribution in [-0.2, 0) is 4.79 Å². The van der Waals surface area contributed by atoms with Crippen LogP contribution in [0.15, 0.2) is 18.2 Å². The first-order valence-corrected chi connectivity index (χ1v) is 7.39. The molecule has 5 heteroatoms. The maximum atomic E-state index is 12.1. The maximum Gasteiger partial charge on any atom is 0.224 e. The molecular weight excluding hydrogens is 264 g/mol. The number of nitrogens with zero attached hydrogens (tertiary/aromatic N) is 2. The number of rotatable bonds is 4. The van der Waals surface area contributed by atoms with Gasteiger partial charge in [-0.3, -0.25) is 4.79 Å². The molecule has 0 bridgehead atoms. The Kier molecular flexibility index (Phi) is 5.18. The molecule has 0 radical (unpaired) electrons. The third kappa shape index (κ3) is 3.73. The number of carbonyl (C=O) groups is 1. The highest BCUT2D eigenvalue weighted by atomic mass is 16.1. The summed E-state index contributed by atoms with van der Waals surface area (Å²) in [7, 11) is 0. The summed E-state index contributed by atoms with van der Waals surface area (Å²) < 4.78 is 0. The molecule has 1 amide bonds. The molecule has 1 fully saturated rings. The summed E-state index contributed by atoms with van der Waals surface area (Å²) in [6, 6.07) is 8.02. The van der Waals surface area contributed by atoms with E-state index in [1.165, 1.54) is 0 Å². The van der Waals surface area contributed by atoms with E-state index in [1.54, 1.807) is 0 Å². The number of anilines is 1. The van der Waals surface area contributed by atoms with E-state index in [4.69, 9.17) is 11.0 Å². The van der Waals surface area contributed by atoms with Crippen molar-refractivity contribution in [1.82, 2.24) is 5.32 Å². The fourth-order valence-electron chi connectivity index (χ4n) is 2.74. The number of hydrogen-bond acceptors (Lipinski definition) is 4. The predicted molar refractivity (Wildman–Crippen MR) is 82.9 cm³/mol. The van der Waals surface area contributed by atoms with Crippen LogP contribution in [0.2, 0.25) is 0 Å². The Labute approximate surface area is 125 Å². The van der Waals surface area contributed by atoms with Gasteiger partial charge in [-0.15, -0.1) is 0 Å². The van der Waals surface area contributed by atoms with Gasteiger partial charge < -0.3 is 16.0 Å². The van der Waals surface area contributed by atoms with Gasteiger partial charge in [0.25, 0.3) is 0 Å². The highest BCUT2D eigenvalue weighted by molar-refractivity contribution is 5.79. The van der Waals surface area contributed by atoms with Crippen LogP contribution in [-0.4, -0.2) is 32.1 Å². The number of aryl methyl sites for hydroxylation is 1. The first kappa shape index (κ1) is 15.3. The third-order valence-corrected chi connectivity index (χ3v) is 3.93. The predicted octanol–water partition coefficient (Wildman–Crippen LogP) is 1.16. The average Bonchev–Trinajstić information content (AvgIpc) is 2.52. The second-order valence-corrected chi connectivity index (χ2v) is 5.48. The van der Waals surface area contributed by atoms with Gasteiger partial charge in [0.05, 0.1) is 17.6 Å². The van der Waals surface area contributed by atoms with Crippen molar-refractivity contribution in [2.45, 2.75) is 19.8 Å². The van der Waals surface area contributed by atoms with Crippen molar-refractivity contribution < 1.29 is 4.79 Å². The monoisotopic (exact) mass is 286 g/mol. The molecule has 1 aliphatic rings. The van der Waals surface area contributed by atoms with E-state index >= 15 is 0 Å². The molecule has 0 aliphatic carbocycles. The summed E-state index contributed by atoms with van der Waals surface area (Å²) in [4.78, 5) is 14.3. The Morgan fingerprint density at radius 2 is 2.38 bits per heavy atom. The van der Waals surface area contributed by atoms with Crippen LogP contribution in [0.3, 0.4) is 0 Å². The van der Waals surface area contributed by atoms with Gasteiger partial charge in [-0.2, -0.15) is 5.26 Å². The summed E-state index contributed by atoms with van der Waals surface area (Å²) in [6.45, 7) is 4.62. The van der Waals surface area contributed by atoms with Crippen molar-refractivity contribution in [3.63, 3.8) is 0 Å². The van der Waals surface area contributed by atoms with Gasteiger partial charge in [-0.1, -0.05) is 0 Å². The number of amides is 1. The summed E-state index contributed by atoms with van der Waals surface area (Å²) in [5.41, 5.74) is 8.18. The van der Waals surface area contributed by atoms with E-state index < -0.39 is 0 Å². The van der Waals surface area contributed by atoms with Crippen molar-refractivity contribution >= 4 is 11.6 Å². The topological polar surface area (TPSA) is 82.2 Å². The molecule has 1 heterocycles. The summed E-state index contributed by atoms with van der Waals surface area (Å²) in [6.07, 6.45) is 1.92. The summed E-state index contributed by atoms with van der Waals surface area (Å²) in [5, 5.41) is 11.9. The molecule has 1 saturated heterocycles. The Morgan fingerprint density at radius 1 is 1.57 bits per heavy atom. The molecule has 0 saturated carbocycles. The fraction of sp³-hybridized carbons (Fsp3) is 0.500. The molecule has 1 atom stereocenters. The van der Waals surface area contributed by atoms with Crippen molar-refractivity contribution in [3.05, 3.63) is 29.3 Å². The minimum atomic E-state index is 0.0150. The summed E-state index contributed by atoms with van der Waals surface area (Å²) >= 11 is 0. The number of carbonyl (C=O) groups excluding carboxylic acids is 1. The smallest absolute Gasteiger partial charge is 0.224 e. The van der Waals surface area contributed by atoms with Crippen molar-refractivity contribution in [3.8, 4) is 6.07 Å². The minimum absolute atomic E-state index is 0.0150. The van der Waals surface area contributed by atoms with Crippen LogP contribution in [0.4, 0.5) is 5.69 Å². The lowest BCUT2D eigenvalue weighted by atomic mass is 9.96. The Bertz CT molecular complexity index is 550. The lowest BCUT2D eigenvalue weighted by Gasteiger charge is -2.34. The molecule has 21 heavy (non-hydrogen) atoms. The fourth-order valence-corrected chi connectivity index (χ4v) is 2.74. The van der Waals surface area contributed by atoms with Gasteiger partial charge >= 0.3 is 0 Å². The number of benzene rings is 1. The van der Waals surface area contributed by atoms with Gasteiger partial charge in [0.2, 0.25) is 5.91 Å². The van der Waals surface area contributed by atoms with Gasteiger partial charge in [0.15, 0.2) is 0 Å². The van der Waals surface area contributed by atoms with E-state index in [9.17, 15) is 4.79 Å². The second kappa shape index (κ2) is 7.09. The van der Waals surface area contributed by atoms with E-state index in [0.29, 0.717) is 18.7 Å².